The van der Waals surface area contributed by atoms with Crippen molar-refractivity contribution in [1.29, 1.82) is 0 Å². The Morgan fingerprint density at radius 2 is 2.19 bits per heavy atom. The maximum Gasteiger partial charge on any atom is 0.250 e. The molecule has 0 radical (unpaired) electrons. The van der Waals surface area contributed by atoms with Gasteiger partial charge >= 0.3 is 0 Å². The van der Waals surface area contributed by atoms with Gasteiger partial charge < -0.3 is 14.4 Å². The minimum Gasteiger partial charge on any atom is -0.348 e. The number of rotatable bonds is 2. The van der Waals surface area contributed by atoms with Crippen LogP contribution < -0.4 is 0 Å². The molecule has 136 valence electrons. The van der Waals surface area contributed by atoms with Crippen LogP contribution in [0, 0.1) is 0 Å². The molecule has 0 saturated carbocycles. The van der Waals surface area contributed by atoms with Gasteiger partial charge in [-0.25, -0.2) is 0 Å². The van der Waals surface area contributed by atoms with Gasteiger partial charge in [0, 0.05) is 31.2 Å². The van der Waals surface area contributed by atoms with Crippen molar-refractivity contribution >= 4 is 17.6 Å². The highest BCUT2D eigenvalue weighted by molar-refractivity contribution is 6.10. The maximum absolute atomic E-state index is 13.7. The summed E-state index contributed by atoms with van der Waals surface area (Å²) in [5.41, 5.74) is 1.24. The van der Waals surface area contributed by atoms with E-state index in [-0.39, 0.29) is 24.3 Å². The third kappa shape index (κ3) is 2.43. The van der Waals surface area contributed by atoms with Crippen LogP contribution in [-0.2, 0) is 16.1 Å². The Kier molecular flexibility index (Phi) is 3.86. The standard InChI is InChI=1S/C20H24N4O2/c1-4-15-16-6-5-8-22(16)10-11-23(15)19(26)20(3)13-18(25)21-17-12-14(2)7-9-24(17)20/h5-9,12,15H,4,10-11,13H2,1-3H3. The van der Waals surface area contributed by atoms with Crippen molar-refractivity contribution in [3.8, 4) is 0 Å². The van der Waals surface area contributed by atoms with E-state index >= 15 is 0 Å². The predicted molar refractivity (Wildman–Crippen MR) is 99.4 cm³/mol. The fraction of sp³-hybridized carbons (Fsp3) is 0.450. The van der Waals surface area contributed by atoms with Crippen molar-refractivity contribution < 1.29 is 9.59 Å². The van der Waals surface area contributed by atoms with Crippen molar-refractivity contribution in [2.24, 2.45) is 4.99 Å². The molecule has 1 aromatic rings. The average Bonchev–Trinajstić information content (AvgIpc) is 3.08. The third-order valence-corrected chi connectivity index (χ3v) is 5.63. The highest BCUT2D eigenvalue weighted by atomic mass is 16.2. The zero-order valence-corrected chi connectivity index (χ0v) is 15.5. The fourth-order valence-electron chi connectivity index (χ4n) is 4.27. The lowest BCUT2D eigenvalue weighted by Gasteiger charge is -2.47. The first-order chi connectivity index (χ1) is 12.4. The molecule has 0 fully saturated rings. The number of fused-ring (bicyclic) bond motifs is 2. The molecule has 1 aromatic heterocycles. The Morgan fingerprint density at radius 1 is 1.38 bits per heavy atom. The maximum atomic E-state index is 13.7. The van der Waals surface area contributed by atoms with Crippen molar-refractivity contribution in [1.82, 2.24) is 14.4 Å². The van der Waals surface area contributed by atoms with E-state index in [0.29, 0.717) is 12.4 Å². The minimum absolute atomic E-state index is 0.00449. The number of carbonyl (C=O) groups excluding carboxylic acids is 2. The van der Waals surface area contributed by atoms with Gasteiger partial charge in [-0.15, -0.1) is 0 Å². The molecule has 0 saturated heterocycles. The van der Waals surface area contributed by atoms with Gasteiger partial charge in [-0.3, -0.25) is 9.59 Å². The lowest BCUT2D eigenvalue weighted by molar-refractivity contribution is -0.147. The number of aliphatic imine (C=N–C) groups is 1. The minimum atomic E-state index is -0.940. The van der Waals surface area contributed by atoms with Gasteiger partial charge in [-0.05, 0) is 50.1 Å². The topological polar surface area (TPSA) is 57.9 Å². The first-order valence-electron chi connectivity index (χ1n) is 9.17. The second-order valence-electron chi connectivity index (χ2n) is 7.44. The third-order valence-electron chi connectivity index (χ3n) is 5.63. The second-order valence-corrected chi connectivity index (χ2v) is 7.44. The number of allylic oxidation sites excluding steroid dienone is 2. The molecule has 0 aromatic carbocycles. The number of nitrogens with zero attached hydrogens (tertiary/aromatic N) is 4. The van der Waals surface area contributed by atoms with Gasteiger partial charge in [0.2, 0.25) is 5.91 Å². The smallest absolute Gasteiger partial charge is 0.250 e. The van der Waals surface area contributed by atoms with Crippen LogP contribution in [-0.4, -0.2) is 44.1 Å². The van der Waals surface area contributed by atoms with Crippen molar-refractivity contribution in [3.63, 3.8) is 0 Å². The van der Waals surface area contributed by atoms with Gasteiger partial charge in [-0.1, -0.05) is 6.92 Å². The fourth-order valence-corrected chi connectivity index (χ4v) is 4.27. The molecule has 0 N–H and O–H groups in total. The van der Waals surface area contributed by atoms with E-state index in [1.807, 2.05) is 48.1 Å². The van der Waals surface area contributed by atoms with Crippen LogP contribution >= 0.6 is 0 Å². The molecular weight excluding hydrogens is 328 g/mol. The molecule has 6 nitrogen and oxygen atoms in total. The van der Waals surface area contributed by atoms with Crippen LogP contribution in [0.25, 0.3) is 0 Å². The molecule has 3 aliphatic rings. The number of aromatic nitrogens is 1. The van der Waals surface area contributed by atoms with E-state index in [1.165, 1.54) is 0 Å². The highest BCUT2D eigenvalue weighted by Crippen LogP contribution is 2.36. The Morgan fingerprint density at radius 3 is 2.96 bits per heavy atom. The van der Waals surface area contributed by atoms with Gasteiger partial charge in [-0.2, -0.15) is 4.99 Å². The summed E-state index contributed by atoms with van der Waals surface area (Å²) < 4.78 is 2.21. The molecule has 3 aliphatic heterocycles. The SMILES string of the molecule is CCC1c2cccn2CCN1C(=O)C1(C)CC(=O)N=C2C=C(C)C=CN21. The van der Waals surface area contributed by atoms with Crippen molar-refractivity contribution in [2.45, 2.75) is 51.7 Å². The monoisotopic (exact) mass is 352 g/mol. The van der Waals surface area contributed by atoms with Crippen LogP contribution in [0.2, 0.25) is 0 Å². The molecule has 2 amide bonds. The molecule has 0 bridgehead atoms. The van der Waals surface area contributed by atoms with Crippen LogP contribution in [0.3, 0.4) is 0 Å². The summed E-state index contributed by atoms with van der Waals surface area (Å²) in [6.07, 6.45) is 8.71. The average molecular weight is 352 g/mol. The highest BCUT2D eigenvalue weighted by Gasteiger charge is 2.49. The van der Waals surface area contributed by atoms with E-state index in [9.17, 15) is 9.59 Å². The number of amides is 2. The van der Waals surface area contributed by atoms with Crippen LogP contribution in [0.4, 0.5) is 0 Å². The predicted octanol–water partition coefficient (Wildman–Crippen LogP) is 2.64. The summed E-state index contributed by atoms with van der Waals surface area (Å²) in [6, 6.07) is 4.15. The molecule has 4 rings (SSSR count). The number of carbonyl (C=O) groups is 2. The Balaban J connectivity index is 1.70. The quantitative estimate of drug-likeness (QED) is 0.822. The molecule has 4 heterocycles. The number of amidine groups is 1. The lowest BCUT2D eigenvalue weighted by Crippen LogP contribution is -2.62. The molecule has 0 aliphatic carbocycles. The van der Waals surface area contributed by atoms with E-state index < -0.39 is 5.54 Å². The first kappa shape index (κ1) is 16.8. The molecule has 0 spiro atoms. The van der Waals surface area contributed by atoms with E-state index in [4.69, 9.17) is 0 Å². The van der Waals surface area contributed by atoms with Crippen molar-refractivity contribution in [3.05, 3.63) is 47.9 Å². The van der Waals surface area contributed by atoms with Gasteiger partial charge in [0.1, 0.15) is 11.4 Å². The van der Waals surface area contributed by atoms with Gasteiger partial charge in [0.15, 0.2) is 0 Å². The molecule has 2 atom stereocenters. The normalized spacial score (nSPS) is 27.7. The van der Waals surface area contributed by atoms with Crippen LogP contribution in [0.1, 0.15) is 45.3 Å². The van der Waals surface area contributed by atoms with Gasteiger partial charge in [0.25, 0.3) is 5.91 Å². The summed E-state index contributed by atoms with van der Waals surface area (Å²) in [5.74, 6) is 0.320. The van der Waals surface area contributed by atoms with Crippen LogP contribution in [0.5, 0.6) is 0 Å². The van der Waals surface area contributed by atoms with E-state index in [0.717, 1.165) is 24.2 Å². The second kappa shape index (κ2) is 5.97. The summed E-state index contributed by atoms with van der Waals surface area (Å²) in [5, 5.41) is 0. The Labute approximate surface area is 153 Å². The Bertz CT molecular complexity index is 863. The summed E-state index contributed by atoms with van der Waals surface area (Å²) in [6.45, 7) is 7.36. The molecule has 26 heavy (non-hydrogen) atoms. The Hall–Kier alpha value is -2.63. The summed E-state index contributed by atoms with van der Waals surface area (Å²) in [4.78, 5) is 33.9. The first-order valence-corrected chi connectivity index (χ1v) is 9.17. The van der Waals surface area contributed by atoms with Crippen LogP contribution in [0.15, 0.2) is 47.2 Å². The molecule has 2 unspecified atom stereocenters. The number of hydrogen-bond donors (Lipinski definition) is 0. The zero-order chi connectivity index (χ0) is 18.5. The lowest BCUT2D eigenvalue weighted by atomic mass is 9.88. The molecular formula is C20H24N4O2. The largest absolute Gasteiger partial charge is 0.348 e. The van der Waals surface area contributed by atoms with Crippen molar-refractivity contribution in [2.75, 3.05) is 6.54 Å². The summed E-state index contributed by atoms with van der Waals surface area (Å²) in [7, 11) is 0. The van der Waals surface area contributed by atoms with E-state index in [1.54, 1.807) is 0 Å². The van der Waals surface area contributed by atoms with E-state index in [2.05, 4.69) is 28.7 Å². The van der Waals surface area contributed by atoms with Gasteiger partial charge in [0.05, 0.1) is 12.5 Å². The molecule has 6 heteroatoms. The zero-order valence-electron chi connectivity index (χ0n) is 15.5. The number of hydrogen-bond acceptors (Lipinski definition) is 3. The summed E-state index contributed by atoms with van der Waals surface area (Å²) >= 11 is 0.